The molecule has 86 valence electrons. The van der Waals surface area contributed by atoms with Gasteiger partial charge in [-0.1, -0.05) is 6.07 Å². The van der Waals surface area contributed by atoms with Crippen LogP contribution < -0.4 is 4.90 Å². The smallest absolute Gasteiger partial charge is 0.132 e. The van der Waals surface area contributed by atoms with Gasteiger partial charge in [-0.25, -0.2) is 4.98 Å². The average molecular weight is 238 g/mol. The highest BCUT2D eigenvalue weighted by Crippen LogP contribution is 2.19. The minimum atomic E-state index is -0.00914. The summed E-state index contributed by atoms with van der Waals surface area (Å²) in [6.45, 7) is 5.48. The van der Waals surface area contributed by atoms with Gasteiger partial charge >= 0.3 is 0 Å². The van der Waals surface area contributed by atoms with Crippen molar-refractivity contribution < 1.29 is 0 Å². The van der Waals surface area contributed by atoms with Crippen molar-refractivity contribution in [1.29, 1.82) is 5.26 Å². The van der Waals surface area contributed by atoms with Crippen LogP contribution in [0.3, 0.4) is 0 Å². The molecule has 0 aliphatic rings. The molecule has 0 aromatic carbocycles. The van der Waals surface area contributed by atoms with Gasteiger partial charge in [0.2, 0.25) is 0 Å². The molecule has 1 atom stereocenters. The fraction of sp³-hybridized carbons (Fsp3) is 0.500. The van der Waals surface area contributed by atoms with Crippen molar-refractivity contribution in [3.63, 3.8) is 0 Å². The maximum Gasteiger partial charge on any atom is 0.132 e. The van der Waals surface area contributed by atoms with Gasteiger partial charge in [0.1, 0.15) is 5.82 Å². The number of hydrogen-bond donors (Lipinski definition) is 0. The van der Waals surface area contributed by atoms with Crippen molar-refractivity contribution in [3.05, 3.63) is 23.9 Å². The van der Waals surface area contributed by atoms with E-state index in [4.69, 9.17) is 16.9 Å². The molecule has 0 aliphatic carbocycles. The summed E-state index contributed by atoms with van der Waals surface area (Å²) < 4.78 is 0. The van der Waals surface area contributed by atoms with Gasteiger partial charge in [0.05, 0.1) is 17.9 Å². The first-order valence-corrected chi connectivity index (χ1v) is 5.90. The Morgan fingerprint density at radius 3 is 2.94 bits per heavy atom. The highest BCUT2D eigenvalue weighted by molar-refractivity contribution is 6.17. The molecule has 0 N–H and O–H groups in total. The van der Waals surface area contributed by atoms with Crippen molar-refractivity contribution in [1.82, 2.24) is 4.98 Å². The van der Waals surface area contributed by atoms with E-state index < -0.39 is 0 Å². The Hall–Kier alpha value is -1.27. The molecule has 4 heteroatoms. The second-order valence-electron chi connectivity index (χ2n) is 3.69. The predicted molar refractivity (Wildman–Crippen MR) is 66.5 cm³/mol. The lowest BCUT2D eigenvalue weighted by atomic mass is 10.2. The Bertz CT molecular complexity index is 373. The van der Waals surface area contributed by atoms with Crippen molar-refractivity contribution in [2.24, 2.45) is 5.92 Å². The molecule has 0 fully saturated rings. The Morgan fingerprint density at radius 1 is 1.62 bits per heavy atom. The van der Waals surface area contributed by atoms with Crippen LogP contribution >= 0.6 is 11.6 Å². The van der Waals surface area contributed by atoms with Crippen molar-refractivity contribution in [3.8, 4) is 6.07 Å². The molecule has 1 rings (SSSR count). The first kappa shape index (κ1) is 12.8. The Morgan fingerprint density at radius 2 is 2.38 bits per heavy atom. The summed E-state index contributed by atoms with van der Waals surface area (Å²) in [7, 11) is 0. The van der Waals surface area contributed by atoms with Gasteiger partial charge in [0, 0.05) is 24.8 Å². The van der Waals surface area contributed by atoms with E-state index in [-0.39, 0.29) is 5.92 Å². The molecule has 1 aromatic rings. The number of rotatable bonds is 5. The largest absolute Gasteiger partial charge is 0.355 e. The van der Waals surface area contributed by atoms with Gasteiger partial charge in [-0.05, 0) is 19.9 Å². The van der Waals surface area contributed by atoms with Crippen LogP contribution in [0, 0.1) is 17.2 Å². The zero-order chi connectivity index (χ0) is 12.0. The van der Waals surface area contributed by atoms with Crippen LogP contribution in [0.1, 0.15) is 19.4 Å². The van der Waals surface area contributed by atoms with Crippen LogP contribution in [0.25, 0.3) is 0 Å². The van der Waals surface area contributed by atoms with Gasteiger partial charge in [0.25, 0.3) is 0 Å². The van der Waals surface area contributed by atoms with E-state index in [2.05, 4.69) is 22.9 Å². The molecule has 0 bridgehead atoms. The zero-order valence-corrected chi connectivity index (χ0v) is 10.4. The average Bonchev–Trinajstić information content (AvgIpc) is 2.35. The van der Waals surface area contributed by atoms with Crippen LogP contribution in [0.4, 0.5) is 5.82 Å². The number of nitrogens with zero attached hydrogens (tertiary/aromatic N) is 3. The Balaban J connectivity index is 2.90. The van der Waals surface area contributed by atoms with Crippen LogP contribution in [0.5, 0.6) is 0 Å². The molecule has 0 radical (unpaired) electrons. The summed E-state index contributed by atoms with van der Waals surface area (Å²) in [6.07, 6.45) is 1.76. The van der Waals surface area contributed by atoms with Crippen LogP contribution in [-0.4, -0.2) is 18.1 Å². The molecule has 0 aliphatic heterocycles. The third-order valence-corrected chi connectivity index (χ3v) is 2.70. The Kier molecular flexibility index (Phi) is 5.07. The summed E-state index contributed by atoms with van der Waals surface area (Å²) >= 11 is 5.87. The molecule has 0 amide bonds. The zero-order valence-electron chi connectivity index (χ0n) is 9.65. The molecular formula is C12H16ClN3. The van der Waals surface area contributed by atoms with Crippen molar-refractivity contribution in [2.45, 2.75) is 19.7 Å². The number of alkyl halides is 1. The van der Waals surface area contributed by atoms with Crippen molar-refractivity contribution >= 4 is 17.4 Å². The van der Waals surface area contributed by atoms with Crippen LogP contribution in [0.2, 0.25) is 0 Å². The fourth-order valence-electron chi connectivity index (χ4n) is 1.56. The maximum absolute atomic E-state index is 8.83. The molecule has 16 heavy (non-hydrogen) atoms. The number of anilines is 1. The summed E-state index contributed by atoms with van der Waals surface area (Å²) in [5.41, 5.74) is 1.01. The quantitative estimate of drug-likeness (QED) is 0.740. The normalized spacial score (nSPS) is 11.9. The van der Waals surface area contributed by atoms with E-state index >= 15 is 0 Å². The van der Waals surface area contributed by atoms with Crippen molar-refractivity contribution in [2.75, 3.05) is 18.0 Å². The van der Waals surface area contributed by atoms with Crippen LogP contribution in [0.15, 0.2) is 18.3 Å². The van der Waals surface area contributed by atoms with Gasteiger partial charge < -0.3 is 4.90 Å². The third-order valence-electron chi connectivity index (χ3n) is 2.41. The van der Waals surface area contributed by atoms with Gasteiger partial charge in [-0.3, -0.25) is 0 Å². The number of nitriles is 1. The monoisotopic (exact) mass is 237 g/mol. The minimum absolute atomic E-state index is 0.00914. The number of hydrogen-bond acceptors (Lipinski definition) is 3. The second kappa shape index (κ2) is 6.34. The standard InChI is InChI=1S/C12H16ClN3/c1-3-16(9-10(2)8-14)12-11(7-13)5-4-6-15-12/h4-6,10H,3,7,9H2,1-2H3. The minimum Gasteiger partial charge on any atom is -0.355 e. The van der Waals surface area contributed by atoms with E-state index in [1.165, 1.54) is 0 Å². The summed E-state index contributed by atoms with van der Waals surface area (Å²) in [5.74, 6) is 1.33. The second-order valence-corrected chi connectivity index (χ2v) is 3.96. The summed E-state index contributed by atoms with van der Waals surface area (Å²) in [5, 5.41) is 8.83. The number of halogens is 1. The topological polar surface area (TPSA) is 39.9 Å². The summed E-state index contributed by atoms with van der Waals surface area (Å²) in [6, 6.07) is 6.08. The lowest BCUT2D eigenvalue weighted by Crippen LogP contribution is -2.29. The van der Waals surface area contributed by atoms with E-state index in [9.17, 15) is 0 Å². The molecule has 1 heterocycles. The first-order chi connectivity index (χ1) is 7.72. The first-order valence-electron chi connectivity index (χ1n) is 5.37. The van der Waals surface area contributed by atoms with E-state index in [1.807, 2.05) is 19.1 Å². The molecular weight excluding hydrogens is 222 g/mol. The highest BCUT2D eigenvalue weighted by Gasteiger charge is 2.13. The molecule has 1 aromatic heterocycles. The molecule has 0 saturated carbocycles. The Labute approximate surface area is 102 Å². The predicted octanol–water partition coefficient (Wildman–Crippen LogP) is 2.81. The molecule has 0 spiro atoms. The number of aromatic nitrogens is 1. The highest BCUT2D eigenvalue weighted by atomic mass is 35.5. The van der Waals surface area contributed by atoms with Crippen LogP contribution in [-0.2, 0) is 5.88 Å². The molecule has 0 saturated heterocycles. The van der Waals surface area contributed by atoms with E-state index in [0.717, 1.165) is 17.9 Å². The maximum atomic E-state index is 8.83. The van der Waals surface area contributed by atoms with Gasteiger partial charge in [0.15, 0.2) is 0 Å². The fourth-order valence-corrected chi connectivity index (χ4v) is 1.76. The van der Waals surface area contributed by atoms with E-state index in [0.29, 0.717) is 12.4 Å². The molecule has 1 unspecified atom stereocenters. The third kappa shape index (κ3) is 3.11. The van der Waals surface area contributed by atoms with Gasteiger partial charge in [-0.15, -0.1) is 11.6 Å². The van der Waals surface area contributed by atoms with Gasteiger partial charge in [-0.2, -0.15) is 5.26 Å². The SMILES string of the molecule is CCN(CC(C)C#N)c1ncccc1CCl. The molecule has 3 nitrogen and oxygen atoms in total. The summed E-state index contributed by atoms with van der Waals surface area (Å²) in [4.78, 5) is 6.43. The lowest BCUT2D eigenvalue weighted by Gasteiger charge is -2.24. The number of pyridine rings is 1. The lowest BCUT2D eigenvalue weighted by molar-refractivity contribution is 0.677. The van der Waals surface area contributed by atoms with E-state index in [1.54, 1.807) is 6.20 Å².